The Kier molecular flexibility index (Phi) is 3.70. The molecule has 0 saturated carbocycles. The van der Waals surface area contributed by atoms with E-state index in [4.69, 9.17) is 11.6 Å². The summed E-state index contributed by atoms with van der Waals surface area (Å²) in [5.41, 5.74) is 0.968. The van der Waals surface area contributed by atoms with Crippen LogP contribution in [0.25, 0.3) is 0 Å². The molecule has 16 heavy (non-hydrogen) atoms. The van der Waals surface area contributed by atoms with Crippen LogP contribution in [0, 0.1) is 0 Å². The molecule has 1 unspecified atom stereocenters. The minimum absolute atomic E-state index is 0.482. The van der Waals surface area contributed by atoms with Gasteiger partial charge in [0.25, 0.3) is 0 Å². The molecule has 0 aliphatic rings. The average molecular weight is 252 g/mol. The molecule has 0 radical (unpaired) electrons. The summed E-state index contributed by atoms with van der Waals surface area (Å²) in [5.74, 6) is 0.482. The van der Waals surface area contributed by atoms with Crippen molar-refractivity contribution >= 4 is 22.4 Å². The van der Waals surface area contributed by atoms with Crippen molar-refractivity contribution in [2.75, 3.05) is 0 Å². The quantitative estimate of drug-likeness (QED) is 0.839. The molecule has 0 saturated heterocycles. The Bertz CT molecular complexity index is 484. The van der Waals surface area contributed by atoms with E-state index in [1.165, 1.54) is 0 Å². The van der Waals surface area contributed by atoms with Gasteiger partial charge in [-0.1, -0.05) is 17.7 Å². The predicted molar refractivity (Wildman–Crippen MR) is 65.8 cm³/mol. The molecular formula is C12H10ClNOS. The number of benzene rings is 1. The van der Waals surface area contributed by atoms with Crippen LogP contribution in [0.5, 0.6) is 0 Å². The number of hydrogen-bond acceptors (Lipinski definition) is 2. The molecule has 1 atom stereocenters. The van der Waals surface area contributed by atoms with Crippen molar-refractivity contribution in [2.45, 2.75) is 10.6 Å². The van der Waals surface area contributed by atoms with Crippen molar-refractivity contribution in [3.8, 4) is 0 Å². The lowest BCUT2D eigenvalue weighted by atomic mass is 10.3. The molecule has 1 aromatic carbocycles. The maximum Gasteiger partial charge on any atom is 0.0574 e. The van der Waals surface area contributed by atoms with Crippen LogP contribution in [0.4, 0.5) is 0 Å². The first kappa shape index (κ1) is 11.3. The van der Waals surface area contributed by atoms with E-state index in [2.05, 4.69) is 4.98 Å². The highest BCUT2D eigenvalue weighted by molar-refractivity contribution is 7.84. The Morgan fingerprint density at radius 1 is 1.19 bits per heavy atom. The molecule has 1 aromatic heterocycles. The third-order valence-corrected chi connectivity index (χ3v) is 3.74. The Labute approximate surface area is 102 Å². The number of halogens is 1. The van der Waals surface area contributed by atoms with Crippen molar-refractivity contribution in [3.05, 3.63) is 59.4 Å². The standard InChI is InChI=1S/C12H10ClNOS/c13-11-3-5-12(6-4-11)16(15)9-10-2-1-7-14-8-10/h1-8H,9H2. The second-order valence-corrected chi connectivity index (χ2v) is 5.19. The first-order valence-electron chi connectivity index (χ1n) is 4.78. The van der Waals surface area contributed by atoms with Gasteiger partial charge in [-0.3, -0.25) is 9.19 Å². The number of nitrogens with zero attached hydrogens (tertiary/aromatic N) is 1. The molecule has 0 aliphatic carbocycles. The van der Waals surface area contributed by atoms with Gasteiger partial charge in [0.15, 0.2) is 0 Å². The van der Waals surface area contributed by atoms with Crippen LogP contribution in [0.3, 0.4) is 0 Å². The summed E-state index contributed by atoms with van der Waals surface area (Å²) >= 11 is 5.77. The van der Waals surface area contributed by atoms with Crippen LogP contribution in [-0.4, -0.2) is 9.19 Å². The number of aromatic nitrogens is 1. The minimum atomic E-state index is -1.04. The fourth-order valence-electron chi connectivity index (χ4n) is 1.30. The number of pyridine rings is 1. The summed E-state index contributed by atoms with van der Waals surface area (Å²) in [4.78, 5) is 4.78. The summed E-state index contributed by atoms with van der Waals surface area (Å²) in [7, 11) is -1.04. The molecule has 0 fully saturated rings. The van der Waals surface area contributed by atoms with Crippen LogP contribution < -0.4 is 0 Å². The largest absolute Gasteiger partial charge is 0.264 e. The van der Waals surface area contributed by atoms with Crippen molar-refractivity contribution in [1.82, 2.24) is 4.98 Å². The summed E-state index contributed by atoms with van der Waals surface area (Å²) in [6.07, 6.45) is 3.43. The molecule has 82 valence electrons. The van der Waals surface area contributed by atoms with Gasteiger partial charge in [0.05, 0.1) is 16.6 Å². The van der Waals surface area contributed by atoms with Gasteiger partial charge in [-0.2, -0.15) is 0 Å². The number of hydrogen-bond donors (Lipinski definition) is 0. The first-order chi connectivity index (χ1) is 7.75. The monoisotopic (exact) mass is 251 g/mol. The van der Waals surface area contributed by atoms with Crippen LogP contribution >= 0.6 is 11.6 Å². The third-order valence-electron chi connectivity index (χ3n) is 2.10. The van der Waals surface area contributed by atoms with Crippen LogP contribution in [0.1, 0.15) is 5.56 Å². The van der Waals surface area contributed by atoms with Crippen LogP contribution in [0.15, 0.2) is 53.7 Å². The lowest BCUT2D eigenvalue weighted by Gasteiger charge is -2.02. The topological polar surface area (TPSA) is 30.0 Å². The molecule has 0 amide bonds. The van der Waals surface area contributed by atoms with E-state index >= 15 is 0 Å². The molecule has 4 heteroatoms. The van der Waals surface area contributed by atoms with Crippen molar-refractivity contribution in [3.63, 3.8) is 0 Å². The van der Waals surface area contributed by atoms with E-state index in [0.29, 0.717) is 10.8 Å². The Hall–Kier alpha value is -1.19. The third kappa shape index (κ3) is 2.90. The van der Waals surface area contributed by atoms with E-state index in [-0.39, 0.29) is 0 Å². The summed E-state index contributed by atoms with van der Waals surface area (Å²) in [6, 6.07) is 10.8. The molecule has 2 rings (SSSR count). The van der Waals surface area contributed by atoms with Crippen LogP contribution in [0.2, 0.25) is 5.02 Å². The second kappa shape index (κ2) is 5.23. The fraction of sp³-hybridized carbons (Fsp3) is 0.0833. The highest BCUT2D eigenvalue weighted by atomic mass is 35.5. The zero-order valence-electron chi connectivity index (χ0n) is 8.47. The van der Waals surface area contributed by atoms with Gasteiger partial charge in [-0.15, -0.1) is 0 Å². The normalized spacial score (nSPS) is 12.3. The maximum atomic E-state index is 12.0. The van der Waals surface area contributed by atoms with Gasteiger partial charge in [0.1, 0.15) is 0 Å². The molecule has 0 N–H and O–H groups in total. The van der Waals surface area contributed by atoms with Gasteiger partial charge >= 0.3 is 0 Å². The molecule has 0 bridgehead atoms. The molecule has 0 aliphatic heterocycles. The smallest absolute Gasteiger partial charge is 0.0574 e. The van der Waals surface area contributed by atoms with Gasteiger partial charge < -0.3 is 0 Å². The second-order valence-electron chi connectivity index (χ2n) is 3.31. The number of rotatable bonds is 3. The highest BCUT2D eigenvalue weighted by Gasteiger charge is 2.04. The Morgan fingerprint density at radius 3 is 2.56 bits per heavy atom. The van der Waals surface area contributed by atoms with Crippen LogP contribution in [-0.2, 0) is 16.6 Å². The van der Waals surface area contributed by atoms with E-state index in [0.717, 1.165) is 10.5 Å². The minimum Gasteiger partial charge on any atom is -0.264 e. The summed E-state index contributed by atoms with van der Waals surface area (Å²) in [5, 5.41) is 0.655. The lowest BCUT2D eigenvalue weighted by molar-refractivity contribution is 0.682. The van der Waals surface area contributed by atoms with Gasteiger partial charge in [-0.25, -0.2) is 0 Å². The summed E-state index contributed by atoms with van der Waals surface area (Å²) < 4.78 is 12.0. The summed E-state index contributed by atoms with van der Waals surface area (Å²) in [6.45, 7) is 0. The average Bonchev–Trinajstić information content (AvgIpc) is 2.31. The SMILES string of the molecule is O=S(Cc1cccnc1)c1ccc(Cl)cc1. The Balaban J connectivity index is 2.12. The van der Waals surface area contributed by atoms with E-state index in [1.807, 2.05) is 12.1 Å². The van der Waals surface area contributed by atoms with Gasteiger partial charge in [0.2, 0.25) is 0 Å². The van der Waals surface area contributed by atoms with Crippen molar-refractivity contribution in [2.24, 2.45) is 0 Å². The van der Waals surface area contributed by atoms with E-state index in [9.17, 15) is 4.21 Å². The highest BCUT2D eigenvalue weighted by Crippen LogP contribution is 2.15. The van der Waals surface area contributed by atoms with Gasteiger partial charge in [-0.05, 0) is 35.9 Å². The van der Waals surface area contributed by atoms with E-state index in [1.54, 1.807) is 36.7 Å². The predicted octanol–water partition coefficient (Wildman–Crippen LogP) is 3.04. The molecule has 0 spiro atoms. The molecule has 1 heterocycles. The van der Waals surface area contributed by atoms with Crippen molar-refractivity contribution < 1.29 is 4.21 Å². The zero-order valence-corrected chi connectivity index (χ0v) is 10.0. The molecule has 2 aromatic rings. The maximum absolute atomic E-state index is 12.0. The van der Waals surface area contributed by atoms with E-state index < -0.39 is 10.8 Å². The zero-order chi connectivity index (χ0) is 11.4. The van der Waals surface area contributed by atoms with Crippen molar-refractivity contribution in [1.29, 1.82) is 0 Å². The van der Waals surface area contributed by atoms with Gasteiger partial charge in [0, 0.05) is 22.3 Å². The fourth-order valence-corrected chi connectivity index (χ4v) is 2.51. The molecule has 2 nitrogen and oxygen atoms in total. The lowest BCUT2D eigenvalue weighted by Crippen LogP contribution is -1.96. The Morgan fingerprint density at radius 2 is 1.94 bits per heavy atom. The first-order valence-corrected chi connectivity index (χ1v) is 6.48. The molecular weight excluding hydrogens is 242 g/mol.